The van der Waals surface area contributed by atoms with Crippen LogP contribution in [0.15, 0.2) is 22.7 Å². The van der Waals surface area contributed by atoms with Crippen molar-refractivity contribution >= 4 is 21.9 Å². The summed E-state index contributed by atoms with van der Waals surface area (Å²) in [6.45, 7) is 7.77. The molecule has 1 atom stereocenters. The maximum atomic E-state index is 13.7. The van der Waals surface area contributed by atoms with Gasteiger partial charge in [-0.1, -0.05) is 19.9 Å². The highest BCUT2D eigenvalue weighted by atomic mass is 79.9. The Balaban J connectivity index is 3.02. The second-order valence-corrected chi connectivity index (χ2v) is 5.27. The molecule has 0 fully saturated rings. The molecule has 0 aromatic heterocycles. The van der Waals surface area contributed by atoms with Gasteiger partial charge in [-0.25, -0.2) is 4.39 Å². The van der Waals surface area contributed by atoms with Crippen molar-refractivity contribution in [3.05, 3.63) is 34.1 Å². The van der Waals surface area contributed by atoms with Gasteiger partial charge in [-0.15, -0.1) is 0 Å². The third-order valence-electron chi connectivity index (χ3n) is 3.25. The van der Waals surface area contributed by atoms with Crippen LogP contribution in [0, 0.1) is 5.82 Å². The van der Waals surface area contributed by atoms with Gasteiger partial charge in [0.25, 0.3) is 0 Å². The first-order valence-corrected chi connectivity index (χ1v) is 7.67. The fourth-order valence-electron chi connectivity index (χ4n) is 2.22. The molecule has 20 heavy (non-hydrogen) atoms. The molecule has 0 aliphatic rings. The summed E-state index contributed by atoms with van der Waals surface area (Å²) < 4.78 is 19.2. The summed E-state index contributed by atoms with van der Waals surface area (Å²) in [4.78, 5) is 13.9. The number of hydrogen-bond donors (Lipinski definition) is 0. The summed E-state index contributed by atoms with van der Waals surface area (Å²) in [7, 11) is 0. The van der Waals surface area contributed by atoms with E-state index in [1.54, 1.807) is 13.0 Å². The van der Waals surface area contributed by atoms with Gasteiger partial charge in [0.1, 0.15) is 5.82 Å². The van der Waals surface area contributed by atoms with Crippen LogP contribution in [0.4, 0.5) is 4.39 Å². The van der Waals surface area contributed by atoms with Crippen LogP contribution in [0.25, 0.3) is 0 Å². The van der Waals surface area contributed by atoms with Gasteiger partial charge in [0.05, 0.1) is 17.5 Å². The summed E-state index contributed by atoms with van der Waals surface area (Å²) in [5.74, 6) is -0.573. The number of ether oxygens (including phenoxy) is 1. The van der Waals surface area contributed by atoms with Crippen molar-refractivity contribution in [1.82, 2.24) is 4.90 Å². The zero-order valence-electron chi connectivity index (χ0n) is 12.2. The SMILES string of the molecule is CCOC(=O)CC(c1ccc(Br)c(F)c1)N(CC)CC. The molecule has 5 heteroatoms. The second kappa shape index (κ2) is 8.37. The Morgan fingerprint density at radius 2 is 2.00 bits per heavy atom. The predicted octanol–water partition coefficient (Wildman–Crippen LogP) is 3.92. The molecule has 1 unspecified atom stereocenters. The zero-order valence-corrected chi connectivity index (χ0v) is 13.7. The number of hydrogen-bond acceptors (Lipinski definition) is 3. The van der Waals surface area contributed by atoms with Gasteiger partial charge in [0.15, 0.2) is 0 Å². The third-order valence-corrected chi connectivity index (χ3v) is 3.89. The van der Waals surface area contributed by atoms with Crippen LogP contribution >= 0.6 is 15.9 Å². The molecule has 0 aliphatic heterocycles. The average Bonchev–Trinajstić information content (AvgIpc) is 2.42. The summed E-state index contributed by atoms with van der Waals surface area (Å²) in [5, 5.41) is 0. The van der Waals surface area contributed by atoms with E-state index in [1.165, 1.54) is 6.07 Å². The van der Waals surface area contributed by atoms with Crippen molar-refractivity contribution in [2.75, 3.05) is 19.7 Å². The summed E-state index contributed by atoms with van der Waals surface area (Å²) in [5.41, 5.74) is 0.794. The predicted molar refractivity (Wildman–Crippen MR) is 81.0 cm³/mol. The number of esters is 1. The molecule has 0 bridgehead atoms. The van der Waals surface area contributed by atoms with Crippen molar-refractivity contribution in [2.45, 2.75) is 33.2 Å². The molecule has 0 amide bonds. The van der Waals surface area contributed by atoms with E-state index in [9.17, 15) is 9.18 Å². The molecule has 0 heterocycles. The fraction of sp³-hybridized carbons (Fsp3) is 0.533. The number of nitrogens with zero attached hydrogens (tertiary/aromatic N) is 1. The molecule has 0 saturated carbocycles. The monoisotopic (exact) mass is 345 g/mol. The average molecular weight is 346 g/mol. The Bertz CT molecular complexity index is 449. The smallest absolute Gasteiger partial charge is 0.307 e. The molecule has 0 spiro atoms. The largest absolute Gasteiger partial charge is 0.466 e. The molecular weight excluding hydrogens is 325 g/mol. The first kappa shape index (κ1) is 17.1. The Morgan fingerprint density at radius 3 is 2.50 bits per heavy atom. The summed E-state index contributed by atoms with van der Waals surface area (Å²) >= 11 is 3.15. The van der Waals surface area contributed by atoms with Crippen molar-refractivity contribution in [3.8, 4) is 0 Å². The normalized spacial score (nSPS) is 12.5. The van der Waals surface area contributed by atoms with Crippen molar-refractivity contribution in [2.24, 2.45) is 0 Å². The standard InChI is InChI=1S/C15H21BrFNO2/c1-4-18(5-2)14(10-15(19)20-6-3)11-7-8-12(16)13(17)9-11/h7-9,14H,4-6,10H2,1-3H3. The van der Waals surface area contributed by atoms with E-state index in [4.69, 9.17) is 4.74 Å². The molecule has 0 N–H and O–H groups in total. The van der Waals surface area contributed by atoms with E-state index in [2.05, 4.69) is 20.8 Å². The van der Waals surface area contributed by atoms with Gasteiger partial charge in [0.2, 0.25) is 0 Å². The van der Waals surface area contributed by atoms with Crippen molar-refractivity contribution in [3.63, 3.8) is 0 Å². The lowest BCUT2D eigenvalue weighted by atomic mass is 10.0. The van der Waals surface area contributed by atoms with Gasteiger partial charge >= 0.3 is 5.97 Å². The van der Waals surface area contributed by atoms with Crippen LogP contribution in [-0.2, 0) is 9.53 Å². The highest BCUT2D eigenvalue weighted by Gasteiger charge is 2.22. The van der Waals surface area contributed by atoms with Gasteiger partial charge in [0, 0.05) is 6.04 Å². The molecule has 1 rings (SSSR count). The topological polar surface area (TPSA) is 29.5 Å². The first-order valence-electron chi connectivity index (χ1n) is 6.88. The molecule has 112 valence electrons. The third kappa shape index (κ3) is 4.56. The van der Waals surface area contributed by atoms with Gasteiger partial charge < -0.3 is 4.74 Å². The fourth-order valence-corrected chi connectivity index (χ4v) is 2.47. The minimum atomic E-state index is -0.316. The Morgan fingerprint density at radius 1 is 1.35 bits per heavy atom. The lowest BCUT2D eigenvalue weighted by Gasteiger charge is -2.29. The lowest BCUT2D eigenvalue weighted by Crippen LogP contribution is -2.30. The van der Waals surface area contributed by atoms with Crippen LogP contribution in [-0.4, -0.2) is 30.6 Å². The molecule has 1 aromatic carbocycles. The molecule has 3 nitrogen and oxygen atoms in total. The quantitative estimate of drug-likeness (QED) is 0.701. The molecular formula is C15H21BrFNO2. The Hall–Kier alpha value is -0.940. The maximum Gasteiger partial charge on any atom is 0.307 e. The van der Waals surface area contributed by atoms with E-state index < -0.39 is 0 Å². The number of halogens is 2. The number of carbonyl (C=O) groups excluding carboxylic acids is 1. The van der Waals surface area contributed by atoms with Crippen molar-refractivity contribution < 1.29 is 13.9 Å². The molecule has 0 aliphatic carbocycles. The minimum absolute atomic E-state index is 0.161. The molecule has 0 radical (unpaired) electrons. The lowest BCUT2D eigenvalue weighted by molar-refractivity contribution is -0.144. The summed E-state index contributed by atoms with van der Waals surface area (Å²) in [6, 6.07) is 4.83. The van der Waals surface area contributed by atoms with E-state index in [1.807, 2.05) is 19.9 Å². The number of benzene rings is 1. The highest BCUT2D eigenvalue weighted by molar-refractivity contribution is 9.10. The van der Waals surface area contributed by atoms with Gasteiger partial charge in [-0.2, -0.15) is 0 Å². The van der Waals surface area contributed by atoms with Gasteiger partial charge in [-0.05, 0) is 53.6 Å². The van der Waals surface area contributed by atoms with Gasteiger partial charge in [-0.3, -0.25) is 9.69 Å². The number of rotatable bonds is 7. The first-order chi connectivity index (χ1) is 9.53. The van der Waals surface area contributed by atoms with E-state index in [0.717, 1.165) is 18.7 Å². The van der Waals surface area contributed by atoms with Crippen LogP contribution in [0.5, 0.6) is 0 Å². The van der Waals surface area contributed by atoms with Crippen LogP contribution in [0.1, 0.15) is 38.8 Å². The van der Waals surface area contributed by atoms with E-state index >= 15 is 0 Å². The summed E-state index contributed by atoms with van der Waals surface area (Å²) in [6.07, 6.45) is 0.233. The van der Waals surface area contributed by atoms with Crippen LogP contribution in [0.2, 0.25) is 0 Å². The second-order valence-electron chi connectivity index (χ2n) is 4.42. The molecule has 0 saturated heterocycles. The maximum absolute atomic E-state index is 13.7. The van der Waals surface area contributed by atoms with Crippen LogP contribution in [0.3, 0.4) is 0 Å². The minimum Gasteiger partial charge on any atom is -0.466 e. The van der Waals surface area contributed by atoms with Crippen LogP contribution < -0.4 is 0 Å². The zero-order chi connectivity index (χ0) is 15.1. The molecule has 1 aromatic rings. The van der Waals surface area contributed by atoms with E-state index in [-0.39, 0.29) is 24.2 Å². The Labute approximate surface area is 128 Å². The highest BCUT2D eigenvalue weighted by Crippen LogP contribution is 2.27. The Kier molecular flexibility index (Phi) is 7.16. The number of carbonyl (C=O) groups is 1. The van der Waals surface area contributed by atoms with Crippen molar-refractivity contribution in [1.29, 1.82) is 0 Å². The van der Waals surface area contributed by atoms with E-state index in [0.29, 0.717) is 11.1 Å².